The van der Waals surface area contributed by atoms with Gasteiger partial charge in [-0.3, -0.25) is 14.2 Å². The number of nitrogens with one attached hydrogen (secondary N) is 1. The molecule has 0 fully saturated rings. The summed E-state index contributed by atoms with van der Waals surface area (Å²) in [5.74, 6) is -0.703. The molecule has 0 bridgehead atoms. The van der Waals surface area contributed by atoms with Crippen LogP contribution in [0.2, 0.25) is 0 Å². The minimum absolute atomic E-state index is 0.0131. The van der Waals surface area contributed by atoms with Gasteiger partial charge in [0.05, 0.1) is 24.6 Å². The number of amides is 1. The Labute approximate surface area is 188 Å². The number of carbonyl (C=O) groups excluding carboxylic acids is 3. The van der Waals surface area contributed by atoms with Gasteiger partial charge in [0.25, 0.3) is 0 Å². The number of benzene rings is 1. The third-order valence-corrected chi connectivity index (χ3v) is 4.44. The van der Waals surface area contributed by atoms with E-state index in [1.165, 1.54) is 4.57 Å². The lowest BCUT2D eigenvalue weighted by molar-refractivity contribution is -0.155. The minimum Gasteiger partial charge on any atom is -0.460 e. The first-order chi connectivity index (χ1) is 14.8. The topological polar surface area (TPSA) is 107 Å². The highest BCUT2D eigenvalue weighted by molar-refractivity contribution is 5.94. The number of fused-ring (bicyclic) bond motifs is 1. The summed E-state index contributed by atoms with van der Waals surface area (Å²) in [6, 6.07) is 6.70. The molecule has 32 heavy (non-hydrogen) atoms. The summed E-state index contributed by atoms with van der Waals surface area (Å²) in [5, 5.41) is 13.1. The molecular formula is C24H34N2O6. The van der Waals surface area contributed by atoms with E-state index in [0.717, 1.165) is 5.39 Å². The average Bonchev–Trinajstić information content (AvgIpc) is 3.01. The summed E-state index contributed by atoms with van der Waals surface area (Å²) in [7, 11) is 0. The van der Waals surface area contributed by atoms with Crippen LogP contribution < -0.4 is 5.32 Å². The number of rotatable bonds is 7. The number of aliphatic hydroxyl groups excluding tert-OH is 1. The molecule has 2 N–H and O–H groups in total. The van der Waals surface area contributed by atoms with Crippen molar-refractivity contribution in [2.45, 2.75) is 78.0 Å². The van der Waals surface area contributed by atoms with E-state index in [2.05, 4.69) is 5.32 Å². The van der Waals surface area contributed by atoms with Crippen molar-refractivity contribution in [1.29, 1.82) is 0 Å². The largest absolute Gasteiger partial charge is 0.460 e. The van der Waals surface area contributed by atoms with Crippen molar-refractivity contribution in [3.63, 3.8) is 0 Å². The van der Waals surface area contributed by atoms with Crippen molar-refractivity contribution in [2.24, 2.45) is 0 Å². The van der Waals surface area contributed by atoms with Crippen LogP contribution in [0, 0.1) is 0 Å². The van der Waals surface area contributed by atoms with E-state index < -0.39 is 23.3 Å². The number of para-hydroxylation sites is 1. The molecule has 1 aromatic heterocycles. The number of nitrogens with zero attached hydrogens (tertiary/aromatic N) is 1. The lowest BCUT2D eigenvalue weighted by Gasteiger charge is -2.21. The van der Waals surface area contributed by atoms with Gasteiger partial charge in [0.2, 0.25) is 5.91 Å². The van der Waals surface area contributed by atoms with Crippen molar-refractivity contribution >= 4 is 28.9 Å². The number of carbonyl (C=O) groups is 3. The molecule has 0 aliphatic heterocycles. The molecule has 8 heteroatoms. The molecule has 176 valence electrons. The highest BCUT2D eigenvalue weighted by Gasteiger charge is 2.22. The summed E-state index contributed by atoms with van der Waals surface area (Å²) in [6.07, 6.45) is 1.44. The molecule has 0 saturated heterocycles. The zero-order valence-electron chi connectivity index (χ0n) is 19.7. The zero-order chi connectivity index (χ0) is 24.1. The first kappa shape index (κ1) is 25.4. The van der Waals surface area contributed by atoms with Crippen LogP contribution >= 0.6 is 0 Å². The standard InChI is InChI=1S/C24H34N2O6/c1-23(2,3)31-21(29)12-11-17(15-27)25-20(28)13-16-14-26(22(30)32-24(4,5)6)19-10-8-7-9-18(16)19/h7-10,14,17,27H,11-13,15H2,1-6H3,(H,25,28)/t17-/m0/s1. The summed E-state index contributed by atoms with van der Waals surface area (Å²) in [5.41, 5.74) is 0.0702. The normalized spacial score (nSPS) is 13.0. The quantitative estimate of drug-likeness (QED) is 0.630. The van der Waals surface area contributed by atoms with Gasteiger partial charge in [0.15, 0.2) is 0 Å². The van der Waals surface area contributed by atoms with Crippen LogP contribution in [0.3, 0.4) is 0 Å². The van der Waals surface area contributed by atoms with Crippen LogP contribution in [0.15, 0.2) is 30.5 Å². The summed E-state index contributed by atoms with van der Waals surface area (Å²) in [4.78, 5) is 37.2. The molecule has 0 unspecified atom stereocenters. The Balaban J connectivity index is 2.08. The molecule has 1 amide bonds. The van der Waals surface area contributed by atoms with Gasteiger partial charge in [0, 0.05) is 18.0 Å². The number of aromatic nitrogens is 1. The van der Waals surface area contributed by atoms with Crippen LogP contribution in [0.4, 0.5) is 4.79 Å². The molecule has 0 spiro atoms. The molecule has 1 aromatic carbocycles. The first-order valence-corrected chi connectivity index (χ1v) is 10.7. The van der Waals surface area contributed by atoms with Crippen molar-refractivity contribution in [3.8, 4) is 0 Å². The molecule has 0 aliphatic carbocycles. The van der Waals surface area contributed by atoms with Crippen molar-refractivity contribution < 1.29 is 29.0 Å². The van der Waals surface area contributed by atoms with Gasteiger partial charge in [-0.25, -0.2) is 4.79 Å². The summed E-state index contributed by atoms with van der Waals surface area (Å²) < 4.78 is 12.1. The maximum atomic E-state index is 12.6. The lowest BCUT2D eigenvalue weighted by atomic mass is 10.1. The lowest BCUT2D eigenvalue weighted by Crippen LogP contribution is -2.39. The number of esters is 1. The zero-order valence-corrected chi connectivity index (χ0v) is 19.7. The average molecular weight is 447 g/mol. The fourth-order valence-corrected chi connectivity index (χ4v) is 3.20. The van der Waals surface area contributed by atoms with Crippen molar-refractivity contribution in [3.05, 3.63) is 36.0 Å². The highest BCUT2D eigenvalue weighted by Crippen LogP contribution is 2.23. The molecule has 1 heterocycles. The van der Waals surface area contributed by atoms with E-state index in [0.29, 0.717) is 11.1 Å². The maximum Gasteiger partial charge on any atom is 0.419 e. The van der Waals surface area contributed by atoms with Gasteiger partial charge in [-0.1, -0.05) is 18.2 Å². The SMILES string of the molecule is CC(C)(C)OC(=O)CC[C@@H](CO)NC(=O)Cc1cn(C(=O)OC(C)(C)C)c2ccccc12. The fraction of sp³-hybridized carbons (Fsp3) is 0.542. The Morgan fingerprint density at radius 3 is 2.25 bits per heavy atom. The van der Waals surface area contributed by atoms with Gasteiger partial charge in [-0.2, -0.15) is 0 Å². The van der Waals surface area contributed by atoms with E-state index >= 15 is 0 Å². The monoisotopic (exact) mass is 446 g/mol. The molecule has 1 atom stereocenters. The summed E-state index contributed by atoms with van der Waals surface area (Å²) >= 11 is 0. The second-order valence-corrected chi connectivity index (χ2v) is 9.77. The van der Waals surface area contributed by atoms with Gasteiger partial charge in [-0.05, 0) is 59.6 Å². The minimum atomic E-state index is -0.650. The predicted molar refractivity (Wildman–Crippen MR) is 121 cm³/mol. The number of hydrogen-bond acceptors (Lipinski definition) is 6. The van der Waals surface area contributed by atoms with Crippen molar-refractivity contribution in [1.82, 2.24) is 9.88 Å². The smallest absolute Gasteiger partial charge is 0.419 e. The van der Waals surface area contributed by atoms with Gasteiger partial charge in [0.1, 0.15) is 11.2 Å². The Bertz CT molecular complexity index is 965. The molecule has 8 nitrogen and oxygen atoms in total. The molecule has 0 radical (unpaired) electrons. The van der Waals surface area contributed by atoms with Crippen molar-refractivity contribution in [2.75, 3.05) is 6.61 Å². The third-order valence-electron chi connectivity index (χ3n) is 4.44. The van der Waals surface area contributed by atoms with Crippen LogP contribution in [-0.2, 0) is 25.5 Å². The maximum absolute atomic E-state index is 12.6. The van der Waals surface area contributed by atoms with Crippen LogP contribution in [0.5, 0.6) is 0 Å². The summed E-state index contributed by atoms with van der Waals surface area (Å²) in [6.45, 7) is 10.4. The van der Waals surface area contributed by atoms with E-state index in [-0.39, 0.29) is 37.7 Å². The van der Waals surface area contributed by atoms with E-state index in [1.807, 2.05) is 18.2 Å². The van der Waals surface area contributed by atoms with Gasteiger partial charge < -0.3 is 19.9 Å². The first-order valence-electron chi connectivity index (χ1n) is 10.7. The number of ether oxygens (including phenoxy) is 2. The fourth-order valence-electron chi connectivity index (χ4n) is 3.20. The van der Waals surface area contributed by atoms with Crippen LogP contribution in [0.25, 0.3) is 10.9 Å². The number of hydrogen-bond donors (Lipinski definition) is 2. The van der Waals surface area contributed by atoms with Gasteiger partial charge in [-0.15, -0.1) is 0 Å². The molecule has 2 aromatic rings. The molecule has 0 aliphatic rings. The Kier molecular flexibility index (Phi) is 8.07. The van der Waals surface area contributed by atoms with E-state index in [9.17, 15) is 19.5 Å². The third kappa shape index (κ3) is 7.67. The van der Waals surface area contributed by atoms with E-state index in [4.69, 9.17) is 9.47 Å². The molecule has 0 saturated carbocycles. The second kappa shape index (κ2) is 10.2. The molecule has 2 rings (SSSR count). The Morgan fingerprint density at radius 2 is 1.66 bits per heavy atom. The van der Waals surface area contributed by atoms with Crippen LogP contribution in [0.1, 0.15) is 59.9 Å². The Hall–Kier alpha value is -2.87. The van der Waals surface area contributed by atoms with Crippen LogP contribution in [-0.4, -0.2) is 51.5 Å². The Morgan fingerprint density at radius 1 is 1.03 bits per heavy atom. The second-order valence-electron chi connectivity index (χ2n) is 9.77. The van der Waals surface area contributed by atoms with E-state index in [1.54, 1.807) is 53.8 Å². The highest BCUT2D eigenvalue weighted by atomic mass is 16.6. The van der Waals surface area contributed by atoms with Gasteiger partial charge >= 0.3 is 12.1 Å². The molecular weight excluding hydrogens is 412 g/mol. The predicted octanol–water partition coefficient (Wildman–Crippen LogP) is 3.57. The number of aliphatic hydroxyl groups is 1.